The number of anilines is 1. The molecule has 0 fully saturated rings. The Labute approximate surface area is 143 Å². The van der Waals surface area contributed by atoms with Crippen molar-refractivity contribution in [3.63, 3.8) is 0 Å². The summed E-state index contributed by atoms with van der Waals surface area (Å²) >= 11 is 0. The third-order valence-electron chi connectivity index (χ3n) is 3.80. The molecule has 1 amide bonds. The van der Waals surface area contributed by atoms with Crippen molar-refractivity contribution in [2.24, 2.45) is 4.99 Å². The minimum atomic E-state index is -0.341. The van der Waals surface area contributed by atoms with Crippen molar-refractivity contribution in [2.75, 3.05) is 4.90 Å². The lowest BCUT2D eigenvalue weighted by atomic mass is 10.1. The molecule has 1 aromatic heterocycles. The quantitative estimate of drug-likeness (QED) is 0.673. The predicted molar refractivity (Wildman–Crippen MR) is 93.6 cm³/mol. The van der Waals surface area contributed by atoms with Gasteiger partial charge in [0.05, 0.1) is 12.0 Å². The Bertz CT molecular complexity index is 959. The molecule has 5 heteroatoms. The number of benzene rings is 2. The molecule has 122 valence electrons. The zero-order valence-corrected chi connectivity index (χ0v) is 13.1. The van der Waals surface area contributed by atoms with Gasteiger partial charge in [0.1, 0.15) is 23.1 Å². The van der Waals surface area contributed by atoms with Crippen LogP contribution in [0.4, 0.5) is 10.1 Å². The summed E-state index contributed by atoms with van der Waals surface area (Å²) in [6.07, 6.45) is 3.13. The predicted octanol–water partition coefficient (Wildman–Crippen LogP) is 4.25. The summed E-state index contributed by atoms with van der Waals surface area (Å²) in [6, 6.07) is 18.6. The number of carbonyl (C=O) groups excluding carboxylic acids is 1. The summed E-state index contributed by atoms with van der Waals surface area (Å²) < 4.78 is 18.5. The van der Waals surface area contributed by atoms with E-state index in [4.69, 9.17) is 4.42 Å². The molecule has 1 aliphatic rings. The van der Waals surface area contributed by atoms with Crippen LogP contribution in [0.2, 0.25) is 0 Å². The van der Waals surface area contributed by atoms with Crippen molar-refractivity contribution in [3.8, 4) is 0 Å². The van der Waals surface area contributed by atoms with Gasteiger partial charge in [0.25, 0.3) is 5.91 Å². The molecule has 3 aromatic rings. The average molecular weight is 332 g/mol. The molecule has 0 bridgehead atoms. The van der Waals surface area contributed by atoms with E-state index < -0.39 is 0 Å². The lowest BCUT2D eigenvalue weighted by Crippen LogP contribution is -2.32. The standard InChI is InChI=1S/C20H13FN2O2/c21-15-10-8-14(9-11-15)19-22-18(13-17-7-4-12-25-17)20(24)23(19)16-5-2-1-3-6-16/h1-13H/b18-13+. The zero-order chi connectivity index (χ0) is 17.2. The van der Waals surface area contributed by atoms with Crippen LogP contribution >= 0.6 is 0 Å². The van der Waals surface area contributed by atoms with Gasteiger partial charge in [0.15, 0.2) is 0 Å². The highest BCUT2D eigenvalue weighted by Crippen LogP contribution is 2.27. The summed E-state index contributed by atoms with van der Waals surface area (Å²) in [4.78, 5) is 18.9. The highest BCUT2D eigenvalue weighted by atomic mass is 19.1. The number of hydrogen-bond acceptors (Lipinski definition) is 3. The number of halogens is 1. The Balaban J connectivity index is 1.83. The van der Waals surface area contributed by atoms with Crippen LogP contribution in [0.1, 0.15) is 11.3 Å². The Morgan fingerprint density at radius 3 is 2.40 bits per heavy atom. The largest absolute Gasteiger partial charge is 0.465 e. The Hall–Kier alpha value is -3.47. The topological polar surface area (TPSA) is 45.8 Å². The first kappa shape index (κ1) is 15.1. The second kappa shape index (κ2) is 6.20. The van der Waals surface area contributed by atoms with Gasteiger partial charge in [0, 0.05) is 11.6 Å². The second-order valence-corrected chi connectivity index (χ2v) is 5.46. The molecule has 0 atom stereocenters. The molecule has 2 heterocycles. The van der Waals surface area contributed by atoms with E-state index in [-0.39, 0.29) is 17.4 Å². The summed E-state index contributed by atoms with van der Waals surface area (Å²) in [5.74, 6) is 0.391. The Kier molecular flexibility index (Phi) is 3.74. The van der Waals surface area contributed by atoms with E-state index in [1.807, 2.05) is 30.3 Å². The molecule has 4 rings (SSSR count). The molecular formula is C20H13FN2O2. The van der Waals surface area contributed by atoms with Gasteiger partial charge >= 0.3 is 0 Å². The van der Waals surface area contributed by atoms with Gasteiger partial charge in [-0.25, -0.2) is 9.38 Å². The average Bonchev–Trinajstić information content (AvgIpc) is 3.25. The molecule has 0 saturated carbocycles. The fourth-order valence-corrected chi connectivity index (χ4v) is 2.63. The van der Waals surface area contributed by atoms with Gasteiger partial charge in [0.2, 0.25) is 0 Å². The molecule has 25 heavy (non-hydrogen) atoms. The van der Waals surface area contributed by atoms with E-state index in [1.54, 1.807) is 30.3 Å². The molecule has 1 aliphatic heterocycles. The molecule has 4 nitrogen and oxygen atoms in total. The maximum atomic E-state index is 13.3. The van der Waals surface area contributed by atoms with Crippen LogP contribution in [-0.4, -0.2) is 11.7 Å². The number of carbonyl (C=O) groups is 1. The van der Waals surface area contributed by atoms with Crippen molar-refractivity contribution in [2.45, 2.75) is 0 Å². The monoisotopic (exact) mass is 332 g/mol. The zero-order valence-electron chi connectivity index (χ0n) is 13.1. The van der Waals surface area contributed by atoms with Crippen molar-refractivity contribution in [1.29, 1.82) is 0 Å². The minimum Gasteiger partial charge on any atom is -0.465 e. The van der Waals surface area contributed by atoms with Crippen LogP contribution < -0.4 is 4.90 Å². The van der Waals surface area contributed by atoms with Crippen molar-refractivity contribution in [1.82, 2.24) is 0 Å². The van der Waals surface area contributed by atoms with E-state index in [0.717, 1.165) is 0 Å². The number of para-hydroxylation sites is 1. The van der Waals surface area contributed by atoms with E-state index in [0.29, 0.717) is 22.8 Å². The van der Waals surface area contributed by atoms with Crippen molar-refractivity contribution in [3.05, 3.63) is 95.8 Å². The number of aliphatic imine (C=N–C) groups is 1. The molecule has 2 aromatic carbocycles. The van der Waals surface area contributed by atoms with Gasteiger partial charge in [-0.2, -0.15) is 0 Å². The van der Waals surface area contributed by atoms with Gasteiger partial charge in [-0.05, 0) is 48.5 Å². The molecule has 0 radical (unpaired) electrons. The molecular weight excluding hydrogens is 319 g/mol. The van der Waals surface area contributed by atoms with E-state index in [2.05, 4.69) is 4.99 Å². The van der Waals surface area contributed by atoms with Crippen LogP contribution in [0.3, 0.4) is 0 Å². The SMILES string of the molecule is O=C1/C(=C\c2ccco2)N=C(c2ccc(F)cc2)N1c1ccccc1. The number of furan rings is 1. The maximum Gasteiger partial charge on any atom is 0.282 e. The molecule has 0 unspecified atom stereocenters. The number of amides is 1. The Morgan fingerprint density at radius 2 is 1.72 bits per heavy atom. The highest BCUT2D eigenvalue weighted by molar-refractivity contribution is 6.33. The third kappa shape index (κ3) is 2.87. The van der Waals surface area contributed by atoms with Crippen LogP contribution in [0, 0.1) is 5.82 Å². The number of rotatable bonds is 3. The lowest BCUT2D eigenvalue weighted by Gasteiger charge is -2.18. The molecule has 0 aliphatic carbocycles. The summed E-state index contributed by atoms with van der Waals surface area (Å²) in [5.41, 5.74) is 1.61. The van der Waals surface area contributed by atoms with Crippen molar-refractivity contribution >= 4 is 23.5 Å². The van der Waals surface area contributed by atoms with Crippen LogP contribution in [0.5, 0.6) is 0 Å². The molecule has 0 N–H and O–H groups in total. The number of hydrogen-bond donors (Lipinski definition) is 0. The first-order chi connectivity index (χ1) is 12.2. The summed E-state index contributed by atoms with van der Waals surface area (Å²) in [7, 11) is 0. The fourth-order valence-electron chi connectivity index (χ4n) is 2.63. The number of amidine groups is 1. The van der Waals surface area contributed by atoms with E-state index in [1.165, 1.54) is 23.3 Å². The lowest BCUT2D eigenvalue weighted by molar-refractivity contribution is -0.113. The normalized spacial score (nSPS) is 15.7. The molecule has 0 saturated heterocycles. The van der Waals surface area contributed by atoms with E-state index >= 15 is 0 Å². The van der Waals surface area contributed by atoms with Crippen LogP contribution in [0.15, 0.2) is 88.1 Å². The fraction of sp³-hybridized carbons (Fsp3) is 0. The second-order valence-electron chi connectivity index (χ2n) is 5.46. The first-order valence-electron chi connectivity index (χ1n) is 7.72. The summed E-state index contributed by atoms with van der Waals surface area (Å²) in [5, 5.41) is 0. The maximum absolute atomic E-state index is 13.3. The Morgan fingerprint density at radius 1 is 0.960 bits per heavy atom. The van der Waals surface area contributed by atoms with Gasteiger partial charge in [-0.1, -0.05) is 18.2 Å². The highest BCUT2D eigenvalue weighted by Gasteiger charge is 2.32. The third-order valence-corrected chi connectivity index (χ3v) is 3.80. The first-order valence-corrected chi connectivity index (χ1v) is 7.72. The van der Waals surface area contributed by atoms with Gasteiger partial charge in [-0.3, -0.25) is 9.69 Å². The van der Waals surface area contributed by atoms with E-state index in [9.17, 15) is 9.18 Å². The number of nitrogens with zero attached hydrogens (tertiary/aromatic N) is 2. The smallest absolute Gasteiger partial charge is 0.282 e. The van der Waals surface area contributed by atoms with Crippen molar-refractivity contribution < 1.29 is 13.6 Å². The molecule has 0 spiro atoms. The van der Waals surface area contributed by atoms with Gasteiger partial charge in [-0.15, -0.1) is 0 Å². The summed E-state index contributed by atoms with van der Waals surface area (Å²) in [6.45, 7) is 0. The van der Waals surface area contributed by atoms with Gasteiger partial charge < -0.3 is 4.42 Å². The van der Waals surface area contributed by atoms with Crippen LogP contribution in [-0.2, 0) is 4.79 Å². The minimum absolute atomic E-state index is 0.262. The van der Waals surface area contributed by atoms with Crippen LogP contribution in [0.25, 0.3) is 6.08 Å².